The molecule has 1 aliphatic carbocycles. The Morgan fingerprint density at radius 3 is 2.67 bits per heavy atom. The Labute approximate surface area is 161 Å². The number of hydrogen-bond acceptors (Lipinski definition) is 4. The summed E-state index contributed by atoms with van der Waals surface area (Å²) in [6.45, 7) is 0.505. The predicted octanol–water partition coefficient (Wildman–Crippen LogP) is 4.00. The number of nitrogens with zero attached hydrogens (tertiary/aromatic N) is 3. The van der Waals surface area contributed by atoms with E-state index in [2.05, 4.69) is 9.97 Å². The van der Waals surface area contributed by atoms with Gasteiger partial charge >= 0.3 is 5.69 Å². The molecule has 4 rings (SSSR count). The molecule has 0 amide bonds. The number of halogens is 1. The fourth-order valence-electron chi connectivity index (χ4n) is 3.44. The van der Waals surface area contributed by atoms with Gasteiger partial charge in [0.05, 0.1) is 6.54 Å². The van der Waals surface area contributed by atoms with Gasteiger partial charge in [0.1, 0.15) is 10.8 Å². The molecule has 27 heavy (non-hydrogen) atoms. The topological polar surface area (TPSA) is 47.8 Å². The zero-order chi connectivity index (χ0) is 18.6. The first kappa shape index (κ1) is 17.9. The Hall–Kier alpha value is -2.47. The minimum Gasteiger partial charge on any atom is -0.291 e. The van der Waals surface area contributed by atoms with Crippen molar-refractivity contribution >= 4 is 11.8 Å². The fourth-order valence-corrected chi connectivity index (χ4v) is 4.47. The van der Waals surface area contributed by atoms with E-state index in [0.717, 1.165) is 47.5 Å². The summed E-state index contributed by atoms with van der Waals surface area (Å²) in [4.78, 5) is 21.3. The van der Waals surface area contributed by atoms with Crippen LogP contribution in [0.5, 0.6) is 0 Å². The van der Waals surface area contributed by atoms with Crippen LogP contribution < -0.4 is 5.69 Å². The van der Waals surface area contributed by atoms with Gasteiger partial charge in [0.15, 0.2) is 0 Å². The van der Waals surface area contributed by atoms with Crippen LogP contribution in [0.1, 0.15) is 35.2 Å². The highest BCUT2D eigenvalue weighted by atomic mass is 32.2. The number of hydrogen-bond donors (Lipinski definition) is 0. The van der Waals surface area contributed by atoms with Crippen LogP contribution in [-0.2, 0) is 25.1 Å². The lowest BCUT2D eigenvalue weighted by atomic mass is 9.97. The van der Waals surface area contributed by atoms with Crippen LogP contribution in [0.2, 0.25) is 0 Å². The van der Waals surface area contributed by atoms with Crippen LogP contribution in [0.3, 0.4) is 0 Å². The molecule has 1 aromatic carbocycles. The lowest BCUT2D eigenvalue weighted by molar-refractivity contribution is 0.569. The first-order valence-corrected chi connectivity index (χ1v) is 10.1. The Kier molecular flexibility index (Phi) is 5.34. The lowest BCUT2D eigenvalue weighted by Crippen LogP contribution is -2.30. The number of rotatable bonds is 5. The van der Waals surface area contributed by atoms with Crippen LogP contribution in [0.15, 0.2) is 58.6 Å². The predicted molar refractivity (Wildman–Crippen MR) is 104 cm³/mol. The van der Waals surface area contributed by atoms with Crippen molar-refractivity contribution < 1.29 is 4.39 Å². The largest absolute Gasteiger partial charge is 0.349 e. The molecule has 1 aliphatic rings. The van der Waals surface area contributed by atoms with Gasteiger partial charge in [-0.05, 0) is 55.0 Å². The van der Waals surface area contributed by atoms with Crippen molar-refractivity contribution in [1.82, 2.24) is 14.5 Å². The molecule has 0 unspecified atom stereocenters. The summed E-state index contributed by atoms with van der Waals surface area (Å²) >= 11 is 1.56. The highest BCUT2D eigenvalue weighted by Crippen LogP contribution is 2.30. The Morgan fingerprint density at radius 1 is 1.07 bits per heavy atom. The third kappa shape index (κ3) is 4.11. The van der Waals surface area contributed by atoms with Gasteiger partial charge in [-0.25, -0.2) is 9.18 Å². The molecule has 3 aromatic rings. The van der Waals surface area contributed by atoms with Crippen molar-refractivity contribution in [1.29, 1.82) is 0 Å². The highest BCUT2D eigenvalue weighted by molar-refractivity contribution is 7.98. The van der Waals surface area contributed by atoms with E-state index in [1.165, 1.54) is 17.7 Å². The third-order valence-corrected chi connectivity index (χ3v) is 5.89. The summed E-state index contributed by atoms with van der Waals surface area (Å²) in [7, 11) is 0. The first-order chi connectivity index (χ1) is 13.2. The van der Waals surface area contributed by atoms with Crippen molar-refractivity contribution in [2.75, 3.05) is 0 Å². The van der Waals surface area contributed by atoms with Crippen LogP contribution >= 0.6 is 11.8 Å². The molecule has 4 nitrogen and oxygen atoms in total. The van der Waals surface area contributed by atoms with Gasteiger partial charge in [0.2, 0.25) is 0 Å². The second-order valence-corrected chi connectivity index (χ2v) is 7.66. The fraction of sp³-hybridized carbons (Fsp3) is 0.286. The van der Waals surface area contributed by atoms with E-state index in [9.17, 15) is 9.18 Å². The maximum Gasteiger partial charge on any atom is 0.349 e. The summed E-state index contributed by atoms with van der Waals surface area (Å²) in [5.41, 5.74) is 4.11. The molecule has 0 saturated heterocycles. The first-order valence-electron chi connectivity index (χ1n) is 9.09. The Bertz CT molecular complexity index is 987. The molecule has 2 heterocycles. The molecule has 0 aliphatic heterocycles. The van der Waals surface area contributed by atoms with E-state index in [1.54, 1.807) is 40.9 Å². The van der Waals surface area contributed by atoms with Gasteiger partial charge < -0.3 is 0 Å². The maximum atomic E-state index is 13.1. The van der Waals surface area contributed by atoms with Gasteiger partial charge in [-0.1, -0.05) is 18.2 Å². The van der Waals surface area contributed by atoms with Crippen molar-refractivity contribution in [3.63, 3.8) is 0 Å². The average molecular weight is 381 g/mol. The maximum absolute atomic E-state index is 13.1. The van der Waals surface area contributed by atoms with Gasteiger partial charge in [-0.15, -0.1) is 11.8 Å². The zero-order valence-electron chi connectivity index (χ0n) is 14.9. The lowest BCUT2D eigenvalue weighted by Gasteiger charge is -2.22. The number of benzene rings is 1. The molecular formula is C21H20FN3OS. The highest BCUT2D eigenvalue weighted by Gasteiger charge is 2.20. The molecule has 0 saturated carbocycles. The van der Waals surface area contributed by atoms with E-state index >= 15 is 0 Å². The van der Waals surface area contributed by atoms with Crippen LogP contribution in [0.25, 0.3) is 0 Å². The standard InChI is InChI=1S/C21H20FN3OS/c22-17-9-7-15(8-10-17)14-27-20-18-5-1-2-6-19(18)25(21(26)24-20)13-16-4-3-11-23-12-16/h3-4,7-12H,1-2,5-6,13-14H2. The Balaban J connectivity index is 1.64. The molecule has 6 heteroatoms. The zero-order valence-corrected chi connectivity index (χ0v) is 15.7. The molecule has 0 atom stereocenters. The smallest absolute Gasteiger partial charge is 0.291 e. The van der Waals surface area contributed by atoms with E-state index in [1.807, 2.05) is 12.1 Å². The van der Waals surface area contributed by atoms with Gasteiger partial charge in [-0.3, -0.25) is 9.55 Å². The average Bonchev–Trinajstić information content (AvgIpc) is 2.71. The molecule has 0 radical (unpaired) electrons. The summed E-state index contributed by atoms with van der Waals surface area (Å²) in [6.07, 6.45) is 7.57. The van der Waals surface area contributed by atoms with Gasteiger partial charge in [0.25, 0.3) is 0 Å². The summed E-state index contributed by atoms with van der Waals surface area (Å²) < 4.78 is 14.9. The number of fused-ring (bicyclic) bond motifs is 1. The second kappa shape index (κ2) is 8.05. The van der Waals surface area contributed by atoms with E-state index in [4.69, 9.17) is 0 Å². The summed E-state index contributed by atoms with van der Waals surface area (Å²) in [5.74, 6) is 0.434. The number of pyridine rings is 1. The molecule has 138 valence electrons. The molecule has 0 N–H and O–H groups in total. The SMILES string of the molecule is O=c1nc(SCc2ccc(F)cc2)c2c(n1Cc1cccnc1)CCCC2. The van der Waals surface area contributed by atoms with Crippen molar-refractivity contribution in [2.45, 2.75) is 43.0 Å². The van der Waals surface area contributed by atoms with Crippen LogP contribution in [-0.4, -0.2) is 14.5 Å². The normalized spacial score (nSPS) is 13.4. The number of aromatic nitrogens is 3. The van der Waals surface area contributed by atoms with E-state index in [0.29, 0.717) is 12.3 Å². The third-order valence-electron chi connectivity index (χ3n) is 4.80. The van der Waals surface area contributed by atoms with Gasteiger partial charge in [-0.2, -0.15) is 4.98 Å². The molecule has 0 bridgehead atoms. The van der Waals surface area contributed by atoms with Crippen LogP contribution in [0, 0.1) is 5.82 Å². The minimum absolute atomic E-state index is 0.207. The summed E-state index contributed by atoms with van der Waals surface area (Å²) in [5, 5.41) is 0.821. The minimum atomic E-state index is -0.239. The van der Waals surface area contributed by atoms with Crippen LogP contribution in [0.4, 0.5) is 4.39 Å². The molecule has 2 aromatic heterocycles. The van der Waals surface area contributed by atoms with Gasteiger partial charge in [0, 0.05) is 29.4 Å². The monoisotopic (exact) mass is 381 g/mol. The summed E-state index contributed by atoms with van der Waals surface area (Å²) in [6, 6.07) is 10.3. The van der Waals surface area contributed by atoms with E-state index < -0.39 is 0 Å². The molecule has 0 spiro atoms. The van der Waals surface area contributed by atoms with Crippen molar-refractivity contribution in [3.8, 4) is 0 Å². The number of thioether (sulfide) groups is 1. The van der Waals surface area contributed by atoms with E-state index in [-0.39, 0.29) is 11.5 Å². The molecular weight excluding hydrogens is 361 g/mol. The van der Waals surface area contributed by atoms with Crippen molar-refractivity contribution in [3.05, 3.63) is 87.5 Å². The van der Waals surface area contributed by atoms with Crippen molar-refractivity contribution in [2.24, 2.45) is 0 Å². The second-order valence-electron chi connectivity index (χ2n) is 6.69. The molecule has 0 fully saturated rings. The Morgan fingerprint density at radius 2 is 1.89 bits per heavy atom. The quantitative estimate of drug-likeness (QED) is 0.495.